The van der Waals surface area contributed by atoms with Crippen molar-refractivity contribution in [2.24, 2.45) is 15.0 Å². The summed E-state index contributed by atoms with van der Waals surface area (Å²) >= 11 is 0. The second-order valence-corrected chi connectivity index (χ2v) is 2.43. The van der Waals surface area contributed by atoms with E-state index in [0.717, 1.165) is 14.2 Å². The number of carbonyl (C=O) groups is 2. The van der Waals surface area contributed by atoms with Crippen LogP contribution in [0.4, 0.5) is 9.59 Å². The molecule has 0 radical (unpaired) electrons. The zero-order valence-electron chi connectivity index (χ0n) is 19.6. The Morgan fingerprint density at radius 2 is 0.781 bits per heavy atom. The first-order chi connectivity index (χ1) is 14.4. The van der Waals surface area contributed by atoms with Crippen LogP contribution >= 0.6 is 0 Å². The Morgan fingerprint density at radius 3 is 0.781 bits per heavy atom. The third-order valence-electron chi connectivity index (χ3n) is 1.05. The van der Waals surface area contributed by atoms with Crippen LogP contribution in [0.3, 0.4) is 0 Å². The summed E-state index contributed by atoms with van der Waals surface area (Å²) in [6.45, 7) is 4.00. The molecule has 0 aromatic rings. The molecule has 0 aliphatic heterocycles. The molecule has 14 heteroatoms. The van der Waals surface area contributed by atoms with Gasteiger partial charge in [-0.25, -0.2) is 38.9 Å². The Labute approximate surface area is 192 Å². The van der Waals surface area contributed by atoms with E-state index in [4.69, 9.17) is 24.6 Å². The van der Waals surface area contributed by atoms with Gasteiger partial charge in [0.15, 0.2) is 0 Å². The van der Waals surface area contributed by atoms with Gasteiger partial charge in [0.05, 0.1) is 14.2 Å². The van der Waals surface area contributed by atoms with Gasteiger partial charge in [0.25, 0.3) is 0 Å². The highest BCUT2D eigenvalue weighted by Gasteiger charge is 1.85. The van der Waals surface area contributed by atoms with Crippen molar-refractivity contribution in [2.45, 2.75) is 28.7 Å². The highest BCUT2D eigenvalue weighted by molar-refractivity contribution is 5.66. The molecule has 32 heavy (non-hydrogen) atoms. The highest BCUT2D eigenvalue weighted by Crippen LogP contribution is 1.62. The fourth-order valence-electron chi connectivity index (χ4n) is 0.204. The van der Waals surface area contributed by atoms with Crippen molar-refractivity contribution in [1.82, 2.24) is 10.6 Å². The molecule has 0 rings (SSSR count). The Kier molecular flexibility index (Phi) is 242. The van der Waals surface area contributed by atoms with Gasteiger partial charge in [-0.15, -0.1) is 0 Å². The van der Waals surface area contributed by atoms with Crippen LogP contribution in [0, 0.1) is 0 Å². The minimum absolute atomic E-state index is 0. The first kappa shape index (κ1) is 63.0. The molecule has 0 aromatic heterocycles. The lowest BCUT2D eigenvalue weighted by Gasteiger charge is -1.90. The molecule has 4 N–H and O–H groups in total. The molecular weight excluding hydrogens is 430 g/mol. The lowest BCUT2D eigenvalue weighted by molar-refractivity contribution is 0.172. The smallest absolute Gasteiger partial charge is 0.406 e. The number of hydrogen-bond donors (Lipinski definition) is 4. The Bertz CT molecular complexity index is 367. The summed E-state index contributed by atoms with van der Waals surface area (Å²) in [4.78, 5) is 55.1. The molecule has 2 amide bonds. The Balaban J connectivity index is -0.0000000222. The van der Waals surface area contributed by atoms with Crippen molar-refractivity contribution in [1.29, 1.82) is 0 Å². The maximum Gasteiger partial charge on any atom is 0.406 e. The number of aliphatic hydroxyl groups excluding tert-OH is 2. The number of nitrogens with zero attached hydrogens (tertiary/aromatic N) is 3. The first-order valence-corrected chi connectivity index (χ1v) is 7.65. The Morgan fingerprint density at radius 1 is 0.656 bits per heavy atom. The van der Waals surface area contributed by atoms with E-state index in [-0.39, 0.29) is 14.9 Å². The number of hydrogen-bond acceptors (Lipinski definition) is 12. The number of ether oxygens (including phenoxy) is 2. The number of amides is 2. The van der Waals surface area contributed by atoms with E-state index in [1.54, 1.807) is 0 Å². The number of rotatable bonds is 0. The summed E-state index contributed by atoms with van der Waals surface area (Å²) in [6.07, 6.45) is 3.10. The summed E-state index contributed by atoms with van der Waals surface area (Å²) in [6, 6.07) is 0. The monoisotopic (exact) mass is 475 g/mol. The number of nitrogens with one attached hydrogen (secondary N) is 2. The molecule has 196 valence electrons. The normalized spacial score (nSPS) is 4.78. The molecular formula is C18H45N5O9. The zero-order chi connectivity index (χ0) is 26.2. The van der Waals surface area contributed by atoms with E-state index in [1.165, 1.54) is 67.7 Å². The maximum atomic E-state index is 9.85. The van der Waals surface area contributed by atoms with Crippen LogP contribution in [-0.4, -0.2) is 104 Å². The van der Waals surface area contributed by atoms with Crippen LogP contribution in [0.15, 0.2) is 15.0 Å². The topological polar surface area (TPSA) is 205 Å². The first-order valence-electron chi connectivity index (χ1n) is 7.65. The van der Waals surface area contributed by atoms with Crippen LogP contribution < -0.4 is 10.6 Å². The summed E-state index contributed by atoms with van der Waals surface area (Å²) in [5.74, 6) is 0. The predicted molar refractivity (Wildman–Crippen MR) is 126 cm³/mol. The molecule has 0 saturated carbocycles. The van der Waals surface area contributed by atoms with E-state index < -0.39 is 12.2 Å². The van der Waals surface area contributed by atoms with Gasteiger partial charge in [0, 0.05) is 49.5 Å². The molecule has 0 unspecified atom stereocenters. The van der Waals surface area contributed by atoms with Crippen LogP contribution in [-0.2, 0) is 23.9 Å². The largest absolute Gasteiger partial charge is 0.453 e. The summed E-state index contributed by atoms with van der Waals surface area (Å²) in [7, 11) is 11.8. The lowest BCUT2D eigenvalue weighted by Crippen LogP contribution is -2.16. The van der Waals surface area contributed by atoms with Crippen molar-refractivity contribution in [3.63, 3.8) is 0 Å². The number of methoxy groups -OCH3 is 2. The molecule has 0 aliphatic rings. The van der Waals surface area contributed by atoms with Gasteiger partial charge >= 0.3 is 12.2 Å². The molecule has 0 fully saturated rings. The number of isocyanates is 3. The van der Waals surface area contributed by atoms with Crippen molar-refractivity contribution in [3.05, 3.63) is 0 Å². The summed E-state index contributed by atoms with van der Waals surface area (Å²) < 4.78 is 8.30. The van der Waals surface area contributed by atoms with Gasteiger partial charge in [-0.1, -0.05) is 28.7 Å². The molecule has 0 spiro atoms. The van der Waals surface area contributed by atoms with Crippen molar-refractivity contribution < 1.29 is 43.7 Å². The van der Waals surface area contributed by atoms with Gasteiger partial charge in [0.2, 0.25) is 18.2 Å². The fourth-order valence-corrected chi connectivity index (χ4v) is 0.204. The molecule has 0 atom stereocenters. The van der Waals surface area contributed by atoms with E-state index in [2.05, 4.69) is 35.1 Å². The van der Waals surface area contributed by atoms with Crippen molar-refractivity contribution in [2.75, 3.05) is 63.7 Å². The maximum absolute atomic E-state index is 9.85. The molecule has 0 saturated heterocycles. The van der Waals surface area contributed by atoms with Crippen molar-refractivity contribution in [3.8, 4) is 0 Å². The van der Waals surface area contributed by atoms with Gasteiger partial charge < -0.3 is 30.3 Å². The van der Waals surface area contributed by atoms with E-state index in [1.807, 2.05) is 13.8 Å². The summed E-state index contributed by atoms with van der Waals surface area (Å²) in [5.41, 5.74) is 0. The van der Waals surface area contributed by atoms with Crippen LogP contribution in [0.25, 0.3) is 0 Å². The van der Waals surface area contributed by atoms with Gasteiger partial charge in [-0.2, -0.15) is 0 Å². The number of alkyl carbamates (subject to hydrolysis) is 2. The second kappa shape index (κ2) is 123. The van der Waals surface area contributed by atoms with Gasteiger partial charge in [0.1, 0.15) is 0 Å². The lowest BCUT2D eigenvalue weighted by atomic mass is 11.0. The average molecular weight is 476 g/mol. The third-order valence-corrected chi connectivity index (χ3v) is 1.05. The standard InChI is InChI=1S/2C3H7NO2.3C2H3NO.C2H6.2CH4O.2CH4/c2*1-4-3(5)6-2;3*1-3-2-4;3*1-2;;/h2*1-2H3,(H,4,5);3*1H3;1-2H3;2*2H,1H3;2*1H4. The highest BCUT2D eigenvalue weighted by atomic mass is 16.5. The van der Waals surface area contributed by atoms with Crippen LogP contribution in [0.2, 0.25) is 0 Å². The minimum atomic E-state index is -0.407. The van der Waals surface area contributed by atoms with E-state index in [9.17, 15) is 9.59 Å². The quantitative estimate of drug-likeness (QED) is 0.294. The van der Waals surface area contributed by atoms with E-state index in [0.29, 0.717) is 0 Å². The molecule has 0 heterocycles. The van der Waals surface area contributed by atoms with Gasteiger partial charge in [-0.05, 0) is 0 Å². The fraction of sp³-hybridized carbons (Fsp3) is 0.722. The molecule has 0 aromatic carbocycles. The average Bonchev–Trinajstić information content (AvgIpc) is 2.87. The third kappa shape index (κ3) is 302. The Hall–Kier alpha value is -3.40. The van der Waals surface area contributed by atoms with Crippen LogP contribution in [0.1, 0.15) is 28.7 Å². The number of aliphatic imine (C=N–C) groups is 3. The second-order valence-electron chi connectivity index (χ2n) is 2.43. The molecule has 0 aliphatic carbocycles. The molecule has 14 nitrogen and oxygen atoms in total. The number of aliphatic hydroxyl groups is 2. The predicted octanol–water partition coefficient (Wildman–Crippen LogP) is 1.32. The van der Waals surface area contributed by atoms with Crippen LogP contribution in [0.5, 0.6) is 0 Å². The van der Waals surface area contributed by atoms with Crippen molar-refractivity contribution >= 4 is 30.4 Å². The van der Waals surface area contributed by atoms with E-state index >= 15 is 0 Å². The zero-order valence-corrected chi connectivity index (χ0v) is 19.6. The summed E-state index contributed by atoms with van der Waals surface area (Å²) in [5, 5.41) is 18.5. The van der Waals surface area contributed by atoms with Gasteiger partial charge in [-0.3, -0.25) is 0 Å². The molecule has 0 bridgehead atoms. The SMILES string of the molecule is C.C.CC.CN=C=O.CN=C=O.CN=C=O.CNC(=O)OC.CNC(=O)OC.CO.CO. The number of carbonyl (C=O) groups excluding carboxylic acids is 5. The minimum Gasteiger partial charge on any atom is -0.453 e.